The molecular weight excluding hydrogens is 476 g/mol. The minimum atomic E-state index is -3.87. The van der Waals surface area contributed by atoms with Crippen molar-refractivity contribution in [1.82, 2.24) is 20.0 Å². The molecule has 36 heavy (non-hydrogen) atoms. The lowest BCUT2D eigenvalue weighted by Gasteiger charge is -2.26. The van der Waals surface area contributed by atoms with Crippen molar-refractivity contribution in [2.75, 3.05) is 13.7 Å². The van der Waals surface area contributed by atoms with Gasteiger partial charge in [-0.05, 0) is 47.5 Å². The largest absolute Gasteiger partial charge is 0.497 e. The van der Waals surface area contributed by atoms with Crippen molar-refractivity contribution in [3.05, 3.63) is 95.8 Å². The van der Waals surface area contributed by atoms with Crippen molar-refractivity contribution in [2.45, 2.75) is 16.9 Å². The van der Waals surface area contributed by atoms with E-state index in [9.17, 15) is 13.2 Å². The minimum absolute atomic E-state index is 0.114. The molecule has 1 amide bonds. The highest BCUT2D eigenvalue weighted by molar-refractivity contribution is 7.89. The number of ether oxygens (including phenoxy) is 1. The predicted molar refractivity (Wildman–Crippen MR) is 138 cm³/mol. The van der Waals surface area contributed by atoms with Crippen molar-refractivity contribution >= 4 is 37.7 Å². The number of hydrogen-bond acceptors (Lipinski definition) is 4. The number of carbonyl (C=O) groups is 1. The smallest absolute Gasteiger partial charge is 0.268 e. The Balaban J connectivity index is 1.59. The number of para-hydroxylation sites is 1. The van der Waals surface area contributed by atoms with Crippen LogP contribution in [0.1, 0.15) is 27.5 Å². The molecule has 6 rings (SSSR count). The van der Waals surface area contributed by atoms with Crippen molar-refractivity contribution in [1.29, 1.82) is 0 Å². The predicted octanol–water partition coefficient (Wildman–Crippen LogP) is 3.88. The van der Waals surface area contributed by atoms with E-state index in [0.29, 0.717) is 11.4 Å². The number of amides is 1. The van der Waals surface area contributed by atoms with Gasteiger partial charge in [0.25, 0.3) is 5.91 Å². The summed E-state index contributed by atoms with van der Waals surface area (Å²) in [5, 5.41) is 4.68. The summed E-state index contributed by atoms with van der Waals surface area (Å²) in [5.41, 5.74) is 3.75. The van der Waals surface area contributed by atoms with Crippen LogP contribution < -0.4 is 14.8 Å². The Bertz CT molecular complexity index is 1710. The summed E-state index contributed by atoms with van der Waals surface area (Å²) >= 11 is 0. The van der Waals surface area contributed by atoms with Crippen molar-refractivity contribution in [3.8, 4) is 5.75 Å². The van der Waals surface area contributed by atoms with Crippen LogP contribution >= 0.6 is 0 Å². The van der Waals surface area contributed by atoms with E-state index in [0.717, 1.165) is 32.9 Å². The van der Waals surface area contributed by atoms with Crippen LogP contribution in [0.3, 0.4) is 0 Å². The molecule has 8 nitrogen and oxygen atoms in total. The molecule has 3 aromatic carbocycles. The number of aromatic nitrogens is 2. The maximum absolute atomic E-state index is 13.4. The number of methoxy groups -OCH3 is 1. The van der Waals surface area contributed by atoms with E-state index < -0.39 is 22.0 Å². The van der Waals surface area contributed by atoms with Gasteiger partial charge in [0.2, 0.25) is 10.0 Å². The van der Waals surface area contributed by atoms with Crippen LogP contribution in [0.25, 0.3) is 21.8 Å². The maximum atomic E-state index is 13.4. The molecule has 1 aliphatic rings. The fourth-order valence-corrected chi connectivity index (χ4v) is 6.40. The van der Waals surface area contributed by atoms with Crippen LogP contribution in [0.15, 0.2) is 83.9 Å². The van der Waals surface area contributed by atoms with Gasteiger partial charge in [0.05, 0.1) is 18.0 Å². The molecular formula is C27H24N4O4S. The van der Waals surface area contributed by atoms with E-state index >= 15 is 0 Å². The van der Waals surface area contributed by atoms with Gasteiger partial charge in [0.1, 0.15) is 11.4 Å². The highest BCUT2D eigenvalue weighted by Gasteiger charge is 2.38. The molecule has 0 radical (unpaired) electrons. The Morgan fingerprint density at radius 2 is 1.72 bits per heavy atom. The first-order valence-electron chi connectivity index (χ1n) is 11.6. The molecule has 0 aliphatic carbocycles. The number of fused-ring (bicyclic) bond motifs is 4. The third-order valence-electron chi connectivity index (χ3n) is 6.79. The number of hydrogen-bond donors (Lipinski definition) is 4. The standard InChI is InChI=1S/C27H24N4O4S/c1-35-16-11-12-21-19(13-16)20(14-28-21)24-23(31-36(33,34)17-7-3-2-4-8-17)15-29-27(32)26-25(24)18-9-5-6-10-22(18)30-26/h2-14,23-24,28,30-31H,15H2,1H3,(H,29,32)/t23-,24+/m1/s1. The number of rotatable bonds is 5. The summed E-state index contributed by atoms with van der Waals surface area (Å²) < 4.78 is 35.2. The summed E-state index contributed by atoms with van der Waals surface area (Å²) in [6.07, 6.45) is 1.89. The lowest BCUT2D eigenvalue weighted by molar-refractivity contribution is 0.0950. The van der Waals surface area contributed by atoms with Crippen LogP contribution in [0.2, 0.25) is 0 Å². The van der Waals surface area contributed by atoms with Gasteiger partial charge in [-0.3, -0.25) is 4.79 Å². The Morgan fingerprint density at radius 1 is 0.944 bits per heavy atom. The Morgan fingerprint density at radius 3 is 2.53 bits per heavy atom. The van der Waals surface area contributed by atoms with Crippen LogP contribution in [-0.2, 0) is 10.0 Å². The average Bonchev–Trinajstić information content (AvgIpc) is 3.46. The Kier molecular flexibility index (Phi) is 5.31. The molecule has 182 valence electrons. The van der Waals surface area contributed by atoms with Gasteiger partial charge in [-0.2, -0.15) is 0 Å². The first-order chi connectivity index (χ1) is 17.5. The first-order valence-corrected chi connectivity index (χ1v) is 13.1. The van der Waals surface area contributed by atoms with E-state index in [1.807, 2.05) is 48.7 Å². The van der Waals surface area contributed by atoms with Crippen LogP contribution in [0.4, 0.5) is 0 Å². The van der Waals surface area contributed by atoms with Gasteiger partial charge in [-0.25, -0.2) is 13.1 Å². The molecule has 0 saturated carbocycles. The summed E-state index contributed by atoms with van der Waals surface area (Å²) in [5.74, 6) is -0.0637. The normalized spacial score (nSPS) is 18.1. The maximum Gasteiger partial charge on any atom is 0.268 e. The first kappa shape index (κ1) is 22.4. The van der Waals surface area contributed by atoms with E-state index in [4.69, 9.17) is 4.74 Å². The minimum Gasteiger partial charge on any atom is -0.497 e. The van der Waals surface area contributed by atoms with Crippen molar-refractivity contribution in [2.24, 2.45) is 0 Å². The Hall–Kier alpha value is -4.08. The molecule has 9 heteroatoms. The fraction of sp³-hybridized carbons (Fsp3) is 0.148. The SMILES string of the molecule is COc1ccc2[nH]cc([C@@H]3c4c([nH]c5ccccc45)C(=O)NC[C@H]3NS(=O)(=O)c3ccccc3)c2c1. The number of H-pyrrole nitrogens is 2. The fourth-order valence-electron chi connectivity index (χ4n) is 5.13. The number of aromatic amines is 2. The van der Waals surface area contributed by atoms with E-state index in [2.05, 4.69) is 20.0 Å². The highest BCUT2D eigenvalue weighted by Crippen LogP contribution is 2.41. The molecule has 4 N–H and O–H groups in total. The van der Waals surface area contributed by atoms with E-state index in [1.165, 1.54) is 0 Å². The highest BCUT2D eigenvalue weighted by atomic mass is 32.2. The second kappa shape index (κ2) is 8.54. The third kappa shape index (κ3) is 3.64. The zero-order chi connectivity index (χ0) is 24.9. The van der Waals surface area contributed by atoms with Gasteiger partial charge in [0.15, 0.2) is 0 Å². The van der Waals surface area contributed by atoms with Gasteiger partial charge < -0.3 is 20.0 Å². The van der Waals surface area contributed by atoms with Gasteiger partial charge in [-0.1, -0.05) is 36.4 Å². The molecule has 0 bridgehead atoms. The molecule has 0 fully saturated rings. The van der Waals surface area contributed by atoms with Crippen molar-refractivity contribution < 1.29 is 17.9 Å². The van der Waals surface area contributed by atoms with Crippen molar-refractivity contribution in [3.63, 3.8) is 0 Å². The molecule has 2 atom stereocenters. The number of benzene rings is 3. The second-order valence-electron chi connectivity index (χ2n) is 8.84. The lowest BCUT2D eigenvalue weighted by Crippen LogP contribution is -2.45. The Labute approximate surface area is 207 Å². The number of sulfonamides is 1. The molecule has 0 unspecified atom stereocenters. The number of nitrogens with one attached hydrogen (secondary N) is 4. The molecule has 5 aromatic rings. The average molecular weight is 501 g/mol. The third-order valence-corrected chi connectivity index (χ3v) is 8.29. The van der Waals surface area contributed by atoms with E-state index in [1.54, 1.807) is 37.4 Å². The summed E-state index contributed by atoms with van der Waals surface area (Å²) in [6, 6.07) is 21.0. The quantitative estimate of drug-likeness (QED) is 0.293. The number of carbonyl (C=O) groups excluding carboxylic acids is 1. The topological polar surface area (TPSA) is 116 Å². The van der Waals surface area contributed by atoms with Gasteiger partial charge in [-0.15, -0.1) is 0 Å². The molecule has 0 spiro atoms. The zero-order valence-electron chi connectivity index (χ0n) is 19.4. The molecule has 1 aliphatic heterocycles. The lowest BCUT2D eigenvalue weighted by atomic mass is 9.84. The molecule has 3 heterocycles. The molecule has 0 saturated heterocycles. The monoisotopic (exact) mass is 500 g/mol. The van der Waals surface area contributed by atoms with Crippen LogP contribution in [-0.4, -0.2) is 44.0 Å². The van der Waals surface area contributed by atoms with Gasteiger partial charge >= 0.3 is 0 Å². The van der Waals surface area contributed by atoms with Crippen LogP contribution in [0, 0.1) is 0 Å². The van der Waals surface area contributed by atoms with E-state index in [-0.39, 0.29) is 17.3 Å². The van der Waals surface area contributed by atoms with Gasteiger partial charge in [0, 0.05) is 40.5 Å². The summed E-state index contributed by atoms with van der Waals surface area (Å²) in [7, 11) is -2.26. The second-order valence-corrected chi connectivity index (χ2v) is 10.6. The zero-order valence-corrected chi connectivity index (χ0v) is 20.2. The summed E-state index contributed by atoms with van der Waals surface area (Å²) in [4.78, 5) is 19.9. The summed E-state index contributed by atoms with van der Waals surface area (Å²) in [6.45, 7) is 0.114. The molecule has 2 aromatic heterocycles. The van der Waals surface area contributed by atoms with Crippen LogP contribution in [0.5, 0.6) is 5.75 Å².